The molecule has 0 saturated heterocycles. The van der Waals surface area contributed by atoms with Crippen LogP contribution < -0.4 is 4.74 Å². The van der Waals surface area contributed by atoms with Crippen molar-refractivity contribution in [1.29, 1.82) is 0 Å². The van der Waals surface area contributed by atoms with Gasteiger partial charge in [-0.1, -0.05) is 24.3 Å². The summed E-state index contributed by atoms with van der Waals surface area (Å²) in [6.07, 6.45) is 1.67. The van der Waals surface area contributed by atoms with Crippen LogP contribution in [0.1, 0.15) is 21.5 Å². The van der Waals surface area contributed by atoms with Crippen LogP contribution in [0.2, 0.25) is 0 Å². The Balaban J connectivity index is 1.86. The molecule has 0 radical (unpaired) electrons. The lowest BCUT2D eigenvalue weighted by Crippen LogP contribution is -2.19. The van der Waals surface area contributed by atoms with E-state index in [0.29, 0.717) is 5.75 Å². The van der Waals surface area contributed by atoms with Crippen LogP contribution in [-0.4, -0.2) is 22.2 Å². The highest BCUT2D eigenvalue weighted by Crippen LogP contribution is 2.30. The Kier molecular flexibility index (Phi) is 4.73. The smallest absolute Gasteiger partial charge is 0.268 e. The second-order valence-electron chi connectivity index (χ2n) is 5.77. The van der Waals surface area contributed by atoms with Gasteiger partial charge in [0.05, 0.1) is 16.6 Å². The van der Waals surface area contributed by atoms with Crippen molar-refractivity contribution in [3.63, 3.8) is 0 Å². The summed E-state index contributed by atoms with van der Waals surface area (Å²) in [6.45, 7) is 3.78. The highest BCUT2D eigenvalue weighted by Gasteiger charge is 2.15. The first-order valence-corrected chi connectivity index (χ1v) is 8.43. The van der Waals surface area contributed by atoms with E-state index in [1.807, 2.05) is 50.2 Å². The number of hydrogen-bond acceptors (Lipinski definition) is 3. The maximum Gasteiger partial charge on any atom is 0.268 e. The van der Waals surface area contributed by atoms with Crippen LogP contribution in [0, 0.1) is 13.8 Å². The number of carbonyl (C=O) groups is 1. The largest absolute Gasteiger partial charge is 0.482 e. The second-order valence-corrected chi connectivity index (χ2v) is 6.63. The molecule has 0 spiro atoms. The number of aliphatic hydroxyl groups is 1. The molecule has 2 aromatic carbocycles. The molecule has 0 amide bonds. The monoisotopic (exact) mass is 387 g/mol. The summed E-state index contributed by atoms with van der Waals surface area (Å²) in [5.74, 6) is 0.491. The van der Waals surface area contributed by atoms with Crippen molar-refractivity contribution in [2.45, 2.75) is 20.5 Å². The Morgan fingerprint density at radius 2 is 2.00 bits per heavy atom. The summed E-state index contributed by atoms with van der Waals surface area (Å²) in [5, 5.41) is 10.4. The van der Waals surface area contributed by atoms with Gasteiger partial charge in [-0.25, -0.2) is 0 Å². The normalized spacial score (nSPS) is 11.0. The number of aliphatic hydroxyl groups excluding tert-OH is 1. The molecule has 0 saturated carbocycles. The maximum absolute atomic E-state index is 12.6. The quantitative estimate of drug-likeness (QED) is 0.728. The van der Waals surface area contributed by atoms with Gasteiger partial charge < -0.3 is 9.84 Å². The van der Waals surface area contributed by atoms with Crippen molar-refractivity contribution in [3.8, 4) is 5.75 Å². The van der Waals surface area contributed by atoms with E-state index >= 15 is 0 Å². The molecule has 1 heterocycles. The zero-order valence-electron chi connectivity index (χ0n) is 13.5. The average Bonchev–Trinajstić information content (AvgIpc) is 2.92. The van der Waals surface area contributed by atoms with E-state index in [1.54, 1.807) is 6.20 Å². The fourth-order valence-electron chi connectivity index (χ4n) is 2.87. The van der Waals surface area contributed by atoms with Crippen molar-refractivity contribution in [3.05, 3.63) is 63.8 Å². The van der Waals surface area contributed by atoms with Crippen LogP contribution in [-0.2, 0) is 6.61 Å². The number of hydrogen-bond donors (Lipinski definition) is 1. The van der Waals surface area contributed by atoms with E-state index < -0.39 is 0 Å². The van der Waals surface area contributed by atoms with Gasteiger partial charge in [0.2, 0.25) is 0 Å². The van der Waals surface area contributed by atoms with Crippen LogP contribution in [0.4, 0.5) is 0 Å². The summed E-state index contributed by atoms with van der Waals surface area (Å²) < 4.78 is 8.13. The SMILES string of the molecule is Cc1cc(C)c(OCC(=O)n2cc(CO)c3ccccc32)c(Br)c1. The van der Waals surface area contributed by atoms with E-state index in [1.165, 1.54) is 4.57 Å². The Hall–Kier alpha value is -2.11. The highest BCUT2D eigenvalue weighted by atomic mass is 79.9. The number of para-hydroxylation sites is 1. The number of carbonyl (C=O) groups excluding carboxylic acids is 1. The lowest BCUT2D eigenvalue weighted by atomic mass is 10.1. The van der Waals surface area contributed by atoms with Gasteiger partial charge in [0.25, 0.3) is 5.91 Å². The molecule has 0 fully saturated rings. The molecular formula is C19H18BrNO3. The van der Waals surface area contributed by atoms with Crippen molar-refractivity contribution in [2.24, 2.45) is 0 Å². The minimum atomic E-state index is -0.183. The van der Waals surface area contributed by atoms with Crippen molar-refractivity contribution in [1.82, 2.24) is 4.57 Å². The topological polar surface area (TPSA) is 51.5 Å². The molecule has 4 nitrogen and oxygen atoms in total. The summed E-state index contributed by atoms with van der Waals surface area (Å²) in [7, 11) is 0. The molecule has 1 N–H and O–H groups in total. The minimum Gasteiger partial charge on any atom is -0.482 e. The second kappa shape index (κ2) is 6.79. The summed E-state index contributed by atoms with van der Waals surface area (Å²) >= 11 is 3.48. The van der Waals surface area contributed by atoms with E-state index in [2.05, 4.69) is 15.9 Å². The molecule has 0 aliphatic carbocycles. The third-order valence-corrected chi connectivity index (χ3v) is 4.54. The molecule has 3 rings (SSSR count). The van der Waals surface area contributed by atoms with E-state index in [9.17, 15) is 9.90 Å². The Morgan fingerprint density at radius 1 is 1.25 bits per heavy atom. The Bertz CT molecular complexity index is 891. The molecule has 124 valence electrons. The molecule has 1 aromatic heterocycles. The van der Waals surface area contributed by atoms with E-state index in [0.717, 1.165) is 32.1 Å². The molecular weight excluding hydrogens is 370 g/mol. The molecule has 0 bridgehead atoms. The summed E-state index contributed by atoms with van der Waals surface area (Å²) in [6, 6.07) is 11.5. The molecule has 24 heavy (non-hydrogen) atoms. The minimum absolute atomic E-state index is 0.0773. The molecule has 0 aliphatic heterocycles. The van der Waals surface area contributed by atoms with Gasteiger partial charge in [-0.2, -0.15) is 0 Å². The molecule has 0 atom stereocenters. The predicted molar refractivity (Wildman–Crippen MR) is 97.6 cm³/mol. The van der Waals surface area contributed by atoms with Gasteiger partial charge in [-0.3, -0.25) is 9.36 Å². The Morgan fingerprint density at radius 3 is 2.71 bits per heavy atom. The molecule has 0 aliphatic rings. The van der Waals surface area contributed by atoms with Gasteiger partial charge in [-0.15, -0.1) is 0 Å². The van der Waals surface area contributed by atoms with E-state index in [4.69, 9.17) is 4.74 Å². The first-order valence-electron chi connectivity index (χ1n) is 7.64. The first kappa shape index (κ1) is 16.7. The van der Waals surface area contributed by atoms with Gasteiger partial charge in [-0.05, 0) is 53.0 Å². The van der Waals surface area contributed by atoms with Crippen LogP contribution in [0.5, 0.6) is 5.75 Å². The summed E-state index contributed by atoms with van der Waals surface area (Å²) in [5.41, 5.74) is 3.60. The maximum atomic E-state index is 12.6. The number of halogens is 1. The summed E-state index contributed by atoms with van der Waals surface area (Å²) in [4.78, 5) is 12.6. The van der Waals surface area contributed by atoms with Gasteiger partial charge in [0.15, 0.2) is 6.61 Å². The van der Waals surface area contributed by atoms with Crippen LogP contribution >= 0.6 is 15.9 Å². The van der Waals surface area contributed by atoms with Gasteiger partial charge >= 0.3 is 0 Å². The van der Waals surface area contributed by atoms with E-state index in [-0.39, 0.29) is 19.1 Å². The predicted octanol–water partition coefficient (Wildman–Crippen LogP) is 4.23. The molecule has 0 unspecified atom stereocenters. The lowest BCUT2D eigenvalue weighted by molar-refractivity contribution is 0.0842. The first-order chi connectivity index (χ1) is 11.5. The van der Waals surface area contributed by atoms with Crippen molar-refractivity contribution in [2.75, 3.05) is 6.61 Å². The zero-order valence-corrected chi connectivity index (χ0v) is 15.1. The number of benzene rings is 2. The number of fused-ring (bicyclic) bond motifs is 1. The Labute approximate surface area is 148 Å². The van der Waals surface area contributed by atoms with Crippen LogP contribution in [0.3, 0.4) is 0 Å². The van der Waals surface area contributed by atoms with Crippen molar-refractivity contribution < 1.29 is 14.6 Å². The number of ether oxygens (including phenoxy) is 1. The van der Waals surface area contributed by atoms with Crippen LogP contribution in [0.15, 0.2) is 47.1 Å². The van der Waals surface area contributed by atoms with Crippen LogP contribution in [0.25, 0.3) is 10.9 Å². The number of aryl methyl sites for hydroxylation is 2. The average molecular weight is 388 g/mol. The van der Waals surface area contributed by atoms with Gasteiger partial charge in [0, 0.05) is 17.1 Å². The molecule has 3 aromatic rings. The standard InChI is InChI=1S/C19H18BrNO3/c1-12-7-13(2)19(16(20)8-12)24-11-18(23)21-9-14(10-22)15-5-3-4-6-17(15)21/h3-9,22H,10-11H2,1-2H3. The third kappa shape index (κ3) is 3.09. The highest BCUT2D eigenvalue weighted by molar-refractivity contribution is 9.10. The number of nitrogens with zero attached hydrogens (tertiary/aromatic N) is 1. The fourth-order valence-corrected chi connectivity index (χ4v) is 3.66. The lowest BCUT2D eigenvalue weighted by Gasteiger charge is -2.12. The number of rotatable bonds is 4. The number of aromatic nitrogens is 1. The molecule has 5 heteroatoms. The van der Waals surface area contributed by atoms with Crippen molar-refractivity contribution >= 4 is 32.7 Å². The van der Waals surface area contributed by atoms with Gasteiger partial charge in [0.1, 0.15) is 5.75 Å². The zero-order chi connectivity index (χ0) is 17.3. The fraction of sp³-hybridized carbons (Fsp3) is 0.211. The third-order valence-electron chi connectivity index (χ3n) is 3.95.